The second kappa shape index (κ2) is 8.02. The number of carbonyl (C=O) groups is 2. The summed E-state index contributed by atoms with van der Waals surface area (Å²) in [5.74, 6) is -0.280. The van der Waals surface area contributed by atoms with Crippen LogP contribution in [-0.2, 0) is 4.79 Å². The summed E-state index contributed by atoms with van der Waals surface area (Å²) in [4.78, 5) is 23.9. The van der Waals surface area contributed by atoms with E-state index >= 15 is 0 Å². The standard InChI is InChI=1S/C14H26N2O3/c1-3-4-6-11-7-5-8-12(11)15-14(19)16(2)10-9-13(17)18/h11-12H,3-10H2,1-2H3,(H,15,19)(H,17,18). The van der Waals surface area contributed by atoms with Gasteiger partial charge in [-0.05, 0) is 25.2 Å². The van der Waals surface area contributed by atoms with Crippen molar-refractivity contribution in [2.45, 2.75) is 57.9 Å². The van der Waals surface area contributed by atoms with Crippen LogP contribution in [0.1, 0.15) is 51.9 Å². The number of unbranched alkanes of at least 4 members (excludes halogenated alkanes) is 1. The van der Waals surface area contributed by atoms with E-state index in [0.29, 0.717) is 5.92 Å². The molecule has 5 nitrogen and oxygen atoms in total. The van der Waals surface area contributed by atoms with Crippen molar-refractivity contribution < 1.29 is 14.7 Å². The Labute approximate surface area is 115 Å². The Bertz CT molecular complexity index is 307. The molecular weight excluding hydrogens is 244 g/mol. The number of carbonyl (C=O) groups excluding carboxylic acids is 1. The van der Waals surface area contributed by atoms with Crippen LogP contribution in [0.4, 0.5) is 4.79 Å². The van der Waals surface area contributed by atoms with E-state index < -0.39 is 5.97 Å². The third-order valence-electron chi connectivity index (χ3n) is 3.90. The number of nitrogens with one attached hydrogen (secondary N) is 1. The summed E-state index contributed by atoms with van der Waals surface area (Å²) in [5, 5.41) is 11.7. The van der Waals surface area contributed by atoms with Crippen molar-refractivity contribution in [2.24, 2.45) is 5.92 Å². The maximum absolute atomic E-state index is 12.0. The van der Waals surface area contributed by atoms with Crippen LogP contribution < -0.4 is 5.32 Å². The summed E-state index contributed by atoms with van der Waals surface area (Å²) >= 11 is 0. The number of aliphatic carboxylic acids is 1. The topological polar surface area (TPSA) is 69.6 Å². The third kappa shape index (κ3) is 5.49. The average molecular weight is 270 g/mol. The maximum atomic E-state index is 12.0. The van der Waals surface area contributed by atoms with Gasteiger partial charge in [0.25, 0.3) is 0 Å². The van der Waals surface area contributed by atoms with E-state index in [1.165, 1.54) is 37.0 Å². The fraction of sp³-hybridized carbons (Fsp3) is 0.857. The van der Waals surface area contributed by atoms with Crippen molar-refractivity contribution in [3.8, 4) is 0 Å². The van der Waals surface area contributed by atoms with Crippen LogP contribution in [0.25, 0.3) is 0 Å². The van der Waals surface area contributed by atoms with Crippen molar-refractivity contribution in [3.05, 3.63) is 0 Å². The summed E-state index contributed by atoms with van der Waals surface area (Å²) in [6, 6.07) is 0.126. The predicted octanol–water partition coefficient (Wildman–Crippen LogP) is 2.46. The van der Waals surface area contributed by atoms with Gasteiger partial charge >= 0.3 is 12.0 Å². The molecule has 2 unspecified atom stereocenters. The molecule has 1 aliphatic rings. The molecule has 1 rings (SSSR count). The molecule has 0 heterocycles. The molecule has 0 bridgehead atoms. The zero-order valence-electron chi connectivity index (χ0n) is 12.0. The number of rotatable bonds is 7. The van der Waals surface area contributed by atoms with Gasteiger partial charge in [0, 0.05) is 19.6 Å². The van der Waals surface area contributed by atoms with Crippen LogP contribution in [0.15, 0.2) is 0 Å². The minimum Gasteiger partial charge on any atom is -0.481 e. The van der Waals surface area contributed by atoms with Gasteiger partial charge < -0.3 is 15.3 Å². The van der Waals surface area contributed by atoms with E-state index in [-0.39, 0.29) is 25.0 Å². The molecule has 0 aromatic heterocycles. The number of carboxylic acids is 1. The SMILES string of the molecule is CCCCC1CCCC1NC(=O)N(C)CCC(=O)O. The summed E-state index contributed by atoms with van der Waals surface area (Å²) in [5.41, 5.74) is 0. The first kappa shape index (κ1) is 15.8. The van der Waals surface area contributed by atoms with E-state index in [1.54, 1.807) is 7.05 Å². The Morgan fingerprint density at radius 3 is 2.74 bits per heavy atom. The second-order valence-corrected chi connectivity index (χ2v) is 5.45. The number of urea groups is 1. The largest absolute Gasteiger partial charge is 0.481 e. The van der Waals surface area contributed by atoms with E-state index in [0.717, 1.165) is 6.42 Å². The highest BCUT2D eigenvalue weighted by atomic mass is 16.4. The highest BCUT2D eigenvalue weighted by Crippen LogP contribution is 2.29. The summed E-state index contributed by atoms with van der Waals surface area (Å²) in [6.07, 6.45) is 7.00. The van der Waals surface area contributed by atoms with Crippen LogP contribution in [-0.4, -0.2) is 41.6 Å². The minimum absolute atomic E-state index is 0.00610. The molecule has 1 fully saturated rings. The number of carboxylic acid groups (broad SMARTS) is 1. The molecule has 2 amide bonds. The molecule has 0 saturated heterocycles. The lowest BCUT2D eigenvalue weighted by atomic mass is 9.97. The first-order valence-corrected chi connectivity index (χ1v) is 7.28. The van der Waals surface area contributed by atoms with Crippen molar-refractivity contribution in [2.75, 3.05) is 13.6 Å². The zero-order chi connectivity index (χ0) is 14.3. The van der Waals surface area contributed by atoms with Gasteiger partial charge in [-0.15, -0.1) is 0 Å². The van der Waals surface area contributed by atoms with Gasteiger partial charge in [0.05, 0.1) is 6.42 Å². The van der Waals surface area contributed by atoms with Gasteiger partial charge in [-0.1, -0.05) is 26.2 Å². The van der Waals surface area contributed by atoms with Gasteiger partial charge in [-0.25, -0.2) is 4.79 Å². The Morgan fingerprint density at radius 1 is 1.37 bits per heavy atom. The van der Waals surface area contributed by atoms with Crippen LogP contribution in [0.2, 0.25) is 0 Å². The smallest absolute Gasteiger partial charge is 0.317 e. The summed E-state index contributed by atoms with van der Waals surface area (Å²) in [6.45, 7) is 2.44. The molecule has 0 aliphatic heterocycles. The molecule has 1 aliphatic carbocycles. The van der Waals surface area contributed by atoms with Gasteiger partial charge in [0.1, 0.15) is 0 Å². The van der Waals surface area contributed by atoms with E-state index in [9.17, 15) is 9.59 Å². The van der Waals surface area contributed by atoms with E-state index in [2.05, 4.69) is 12.2 Å². The average Bonchev–Trinajstić information content (AvgIpc) is 2.80. The maximum Gasteiger partial charge on any atom is 0.317 e. The summed E-state index contributed by atoms with van der Waals surface area (Å²) < 4.78 is 0. The Balaban J connectivity index is 2.35. The first-order valence-electron chi connectivity index (χ1n) is 7.28. The Kier molecular flexibility index (Phi) is 6.67. The van der Waals surface area contributed by atoms with Crippen molar-refractivity contribution in [3.63, 3.8) is 0 Å². The minimum atomic E-state index is -0.874. The third-order valence-corrected chi connectivity index (χ3v) is 3.90. The lowest BCUT2D eigenvalue weighted by Crippen LogP contribution is -2.45. The molecule has 0 aromatic carbocycles. The van der Waals surface area contributed by atoms with Crippen molar-refractivity contribution in [1.82, 2.24) is 10.2 Å². The van der Waals surface area contributed by atoms with Crippen molar-refractivity contribution >= 4 is 12.0 Å². The van der Waals surface area contributed by atoms with Crippen LogP contribution in [0, 0.1) is 5.92 Å². The predicted molar refractivity (Wildman–Crippen MR) is 74.1 cm³/mol. The number of hydrogen-bond donors (Lipinski definition) is 2. The molecule has 0 aromatic rings. The molecule has 0 radical (unpaired) electrons. The number of amides is 2. The normalized spacial score (nSPS) is 22.2. The molecule has 0 spiro atoms. The van der Waals surface area contributed by atoms with E-state index in [1.807, 2.05) is 0 Å². The first-order chi connectivity index (χ1) is 9.04. The van der Waals surface area contributed by atoms with E-state index in [4.69, 9.17) is 5.11 Å². The monoisotopic (exact) mass is 270 g/mol. The lowest BCUT2D eigenvalue weighted by Gasteiger charge is -2.24. The molecule has 2 N–H and O–H groups in total. The molecule has 19 heavy (non-hydrogen) atoms. The van der Waals surface area contributed by atoms with Gasteiger partial charge in [-0.3, -0.25) is 4.79 Å². The zero-order valence-corrected chi connectivity index (χ0v) is 12.0. The molecule has 2 atom stereocenters. The molecule has 5 heteroatoms. The fourth-order valence-electron chi connectivity index (χ4n) is 2.67. The van der Waals surface area contributed by atoms with Gasteiger partial charge in [0.2, 0.25) is 0 Å². The highest BCUT2D eigenvalue weighted by molar-refractivity contribution is 5.75. The Morgan fingerprint density at radius 2 is 2.11 bits per heavy atom. The molecular formula is C14H26N2O3. The number of hydrogen-bond acceptors (Lipinski definition) is 2. The lowest BCUT2D eigenvalue weighted by molar-refractivity contribution is -0.137. The van der Waals surface area contributed by atoms with Crippen molar-refractivity contribution in [1.29, 1.82) is 0 Å². The Hall–Kier alpha value is -1.26. The van der Waals surface area contributed by atoms with Crippen LogP contribution in [0.3, 0.4) is 0 Å². The fourth-order valence-corrected chi connectivity index (χ4v) is 2.67. The van der Waals surface area contributed by atoms with Gasteiger partial charge in [0.15, 0.2) is 0 Å². The quantitative estimate of drug-likeness (QED) is 0.746. The molecule has 110 valence electrons. The van der Waals surface area contributed by atoms with Crippen LogP contribution >= 0.6 is 0 Å². The number of nitrogens with zero attached hydrogens (tertiary/aromatic N) is 1. The highest BCUT2D eigenvalue weighted by Gasteiger charge is 2.28. The van der Waals surface area contributed by atoms with Crippen LogP contribution in [0.5, 0.6) is 0 Å². The molecule has 1 saturated carbocycles. The van der Waals surface area contributed by atoms with Gasteiger partial charge in [-0.2, -0.15) is 0 Å². The summed E-state index contributed by atoms with van der Waals surface area (Å²) in [7, 11) is 1.65. The second-order valence-electron chi connectivity index (χ2n) is 5.45.